The van der Waals surface area contributed by atoms with Crippen molar-refractivity contribution in [1.82, 2.24) is 0 Å². The normalized spacial score (nSPS) is 11.7. The van der Waals surface area contributed by atoms with E-state index in [-0.39, 0.29) is 6.61 Å². The third-order valence-electron chi connectivity index (χ3n) is 4.71. The van der Waals surface area contributed by atoms with Gasteiger partial charge in [-0.2, -0.15) is 0 Å². The molecule has 0 unspecified atom stereocenters. The van der Waals surface area contributed by atoms with Crippen LogP contribution in [0.1, 0.15) is 110 Å². The summed E-state index contributed by atoms with van der Waals surface area (Å²) in [4.78, 5) is 0. The van der Waals surface area contributed by atoms with Gasteiger partial charge in [-0.05, 0) is 50.4 Å². The molecule has 0 aliphatic rings. The number of aliphatic hydroxyl groups is 2. The maximum absolute atomic E-state index is 9.66. The first-order chi connectivity index (χ1) is 13.3. The van der Waals surface area contributed by atoms with E-state index in [1.165, 1.54) is 89.9 Å². The van der Waals surface area contributed by atoms with Gasteiger partial charge in [0.1, 0.15) is 12.7 Å². The Kier molecular flexibility index (Phi) is 21.8. The van der Waals surface area contributed by atoms with Gasteiger partial charge in [0.15, 0.2) is 0 Å². The van der Waals surface area contributed by atoms with Crippen LogP contribution in [0.15, 0.2) is 12.2 Å². The Bertz CT molecular complexity index is 444. The highest BCUT2D eigenvalue weighted by atomic mass is 16.3. The predicted molar refractivity (Wildman–Crippen MR) is 117 cm³/mol. The maximum atomic E-state index is 9.66. The molecule has 0 aromatic rings. The van der Waals surface area contributed by atoms with E-state index in [1.54, 1.807) is 0 Å². The van der Waals surface area contributed by atoms with Gasteiger partial charge in [-0.1, -0.05) is 95.1 Å². The van der Waals surface area contributed by atoms with Crippen molar-refractivity contribution in [2.45, 2.75) is 116 Å². The van der Waals surface area contributed by atoms with E-state index in [4.69, 9.17) is 5.11 Å². The van der Waals surface area contributed by atoms with Crippen molar-refractivity contribution in [2.24, 2.45) is 0 Å². The molecule has 0 aromatic carbocycles. The SMILES string of the molecule is CCCCCCCC/C=C\CCCCCCCCC[C@@H](O)C#CC#CCO. The second-order valence-corrected chi connectivity index (χ2v) is 7.33. The molecule has 0 spiro atoms. The Morgan fingerprint density at radius 3 is 1.78 bits per heavy atom. The van der Waals surface area contributed by atoms with Crippen LogP contribution in [0.3, 0.4) is 0 Å². The first-order valence-electron chi connectivity index (χ1n) is 11.2. The van der Waals surface area contributed by atoms with Gasteiger partial charge in [0, 0.05) is 0 Å². The maximum Gasteiger partial charge on any atom is 0.115 e. The minimum Gasteiger partial charge on any atom is -0.384 e. The van der Waals surface area contributed by atoms with Crippen LogP contribution in [0.5, 0.6) is 0 Å². The van der Waals surface area contributed by atoms with Crippen molar-refractivity contribution >= 4 is 0 Å². The number of rotatable bonds is 17. The van der Waals surface area contributed by atoms with Crippen molar-refractivity contribution in [3.05, 3.63) is 12.2 Å². The molecular weight excluding hydrogens is 332 g/mol. The molecule has 2 N–H and O–H groups in total. The van der Waals surface area contributed by atoms with E-state index in [0.29, 0.717) is 0 Å². The molecule has 0 aliphatic heterocycles. The molecule has 0 aromatic heterocycles. The zero-order valence-corrected chi connectivity index (χ0v) is 17.6. The van der Waals surface area contributed by atoms with Crippen LogP contribution < -0.4 is 0 Å². The molecule has 0 aliphatic carbocycles. The van der Waals surface area contributed by atoms with Crippen LogP contribution in [-0.2, 0) is 0 Å². The molecule has 0 rings (SSSR count). The lowest BCUT2D eigenvalue weighted by atomic mass is 10.1. The first kappa shape index (κ1) is 25.8. The summed E-state index contributed by atoms with van der Waals surface area (Å²) in [5.41, 5.74) is 0. The van der Waals surface area contributed by atoms with Gasteiger partial charge in [-0.15, -0.1) is 0 Å². The summed E-state index contributed by atoms with van der Waals surface area (Å²) in [7, 11) is 0. The molecule has 0 saturated carbocycles. The topological polar surface area (TPSA) is 40.5 Å². The highest BCUT2D eigenvalue weighted by Crippen LogP contribution is 2.11. The van der Waals surface area contributed by atoms with Gasteiger partial charge in [0.2, 0.25) is 0 Å². The van der Waals surface area contributed by atoms with E-state index in [0.717, 1.165) is 12.8 Å². The van der Waals surface area contributed by atoms with Crippen molar-refractivity contribution in [3.8, 4) is 23.7 Å². The van der Waals surface area contributed by atoms with E-state index in [1.807, 2.05) is 0 Å². The molecule has 0 radical (unpaired) electrons. The lowest BCUT2D eigenvalue weighted by molar-refractivity contribution is 0.217. The third-order valence-corrected chi connectivity index (χ3v) is 4.71. The molecule has 27 heavy (non-hydrogen) atoms. The van der Waals surface area contributed by atoms with Gasteiger partial charge >= 0.3 is 0 Å². The van der Waals surface area contributed by atoms with E-state index < -0.39 is 6.10 Å². The highest BCUT2D eigenvalue weighted by molar-refractivity contribution is 5.27. The van der Waals surface area contributed by atoms with Gasteiger partial charge in [0.25, 0.3) is 0 Å². The Morgan fingerprint density at radius 1 is 0.704 bits per heavy atom. The standard InChI is InChI=1S/C25H42O2/c1-2-3-4-5-6-7-8-9-10-11-12-13-14-15-16-17-19-22-25(27)23-20-18-21-24-26/h9-10,25-27H,2-8,11-17,19,22,24H2,1H3/b10-9-/t25-/m1/s1. The first-order valence-corrected chi connectivity index (χ1v) is 11.2. The average molecular weight is 375 g/mol. The van der Waals surface area contributed by atoms with Crippen LogP contribution in [0.2, 0.25) is 0 Å². The molecule has 0 saturated heterocycles. The minimum absolute atomic E-state index is 0.180. The molecule has 0 fully saturated rings. The third kappa shape index (κ3) is 22.7. The molecule has 154 valence electrons. The number of hydrogen-bond donors (Lipinski definition) is 2. The molecule has 2 nitrogen and oxygen atoms in total. The van der Waals surface area contributed by atoms with Crippen molar-refractivity contribution in [1.29, 1.82) is 0 Å². The number of allylic oxidation sites excluding steroid dienone is 2. The fourth-order valence-electron chi connectivity index (χ4n) is 3.04. The number of unbranched alkanes of at least 4 members (excludes halogenated alkanes) is 13. The van der Waals surface area contributed by atoms with E-state index in [9.17, 15) is 5.11 Å². The fourth-order valence-corrected chi connectivity index (χ4v) is 3.04. The van der Waals surface area contributed by atoms with Crippen LogP contribution in [-0.4, -0.2) is 22.9 Å². The zero-order valence-electron chi connectivity index (χ0n) is 17.6. The summed E-state index contributed by atoms with van der Waals surface area (Å²) < 4.78 is 0. The van der Waals surface area contributed by atoms with Crippen LogP contribution in [0.4, 0.5) is 0 Å². The van der Waals surface area contributed by atoms with Gasteiger partial charge < -0.3 is 10.2 Å². The highest BCUT2D eigenvalue weighted by Gasteiger charge is 1.98. The van der Waals surface area contributed by atoms with E-state index in [2.05, 4.69) is 42.8 Å². The molecule has 0 heterocycles. The Labute approximate surface area is 168 Å². The Balaban J connectivity index is 3.26. The zero-order chi connectivity index (χ0) is 19.8. The summed E-state index contributed by atoms with van der Waals surface area (Å²) in [5.74, 6) is 10.2. The summed E-state index contributed by atoms with van der Waals surface area (Å²) in [6, 6.07) is 0. The summed E-state index contributed by atoms with van der Waals surface area (Å²) in [6.07, 6.45) is 24.4. The Morgan fingerprint density at radius 2 is 1.22 bits per heavy atom. The summed E-state index contributed by atoms with van der Waals surface area (Å²) in [6.45, 7) is 2.09. The second kappa shape index (κ2) is 22.8. The van der Waals surface area contributed by atoms with Gasteiger partial charge in [0.05, 0.1) is 0 Å². The summed E-state index contributed by atoms with van der Waals surface area (Å²) >= 11 is 0. The van der Waals surface area contributed by atoms with Gasteiger partial charge in [-0.3, -0.25) is 0 Å². The largest absolute Gasteiger partial charge is 0.384 e. The lowest BCUT2D eigenvalue weighted by Gasteiger charge is -2.03. The quantitative estimate of drug-likeness (QED) is 0.182. The molecule has 1 atom stereocenters. The van der Waals surface area contributed by atoms with Crippen LogP contribution in [0.25, 0.3) is 0 Å². The molecule has 2 heteroatoms. The van der Waals surface area contributed by atoms with Crippen molar-refractivity contribution < 1.29 is 10.2 Å². The number of hydrogen-bond acceptors (Lipinski definition) is 2. The second-order valence-electron chi connectivity index (χ2n) is 7.33. The van der Waals surface area contributed by atoms with Crippen LogP contribution >= 0.6 is 0 Å². The number of aliphatic hydroxyl groups excluding tert-OH is 2. The van der Waals surface area contributed by atoms with Crippen molar-refractivity contribution in [3.63, 3.8) is 0 Å². The monoisotopic (exact) mass is 374 g/mol. The lowest BCUT2D eigenvalue weighted by Crippen LogP contribution is -2.01. The molecule has 0 amide bonds. The fraction of sp³-hybridized carbons (Fsp3) is 0.760. The van der Waals surface area contributed by atoms with Crippen LogP contribution in [0, 0.1) is 23.7 Å². The van der Waals surface area contributed by atoms with Crippen molar-refractivity contribution in [2.75, 3.05) is 6.61 Å². The minimum atomic E-state index is -0.582. The summed E-state index contributed by atoms with van der Waals surface area (Å²) in [5, 5.41) is 18.2. The molecular formula is C25H42O2. The van der Waals surface area contributed by atoms with E-state index >= 15 is 0 Å². The molecule has 0 bridgehead atoms. The van der Waals surface area contributed by atoms with Gasteiger partial charge in [-0.25, -0.2) is 0 Å². The predicted octanol–water partition coefficient (Wildman–Crippen LogP) is 6.16. The average Bonchev–Trinajstić information content (AvgIpc) is 2.67. The smallest absolute Gasteiger partial charge is 0.115 e. The Hall–Kier alpha value is -1.22.